The summed E-state index contributed by atoms with van der Waals surface area (Å²) in [6, 6.07) is 0. The van der Waals surface area contributed by atoms with Gasteiger partial charge in [0.2, 0.25) is 0 Å². The van der Waals surface area contributed by atoms with Gasteiger partial charge in [-0.05, 0) is 17.9 Å². The molecule has 0 aliphatic rings. The van der Waals surface area contributed by atoms with Crippen LogP contribution in [0.5, 0.6) is 0 Å². The lowest BCUT2D eigenvalue weighted by molar-refractivity contribution is 0.177. The van der Waals surface area contributed by atoms with Gasteiger partial charge in [-0.25, -0.2) is 0 Å². The zero-order chi connectivity index (χ0) is 10.8. The first-order valence-electron chi connectivity index (χ1n) is 3.99. The van der Waals surface area contributed by atoms with Crippen molar-refractivity contribution in [2.24, 2.45) is 0 Å². The van der Waals surface area contributed by atoms with Crippen LogP contribution in [0, 0.1) is 23.7 Å². The van der Waals surface area contributed by atoms with Crippen LogP contribution in [0.4, 0.5) is 0 Å². The van der Waals surface area contributed by atoms with Crippen molar-refractivity contribution in [2.75, 3.05) is 6.61 Å². The highest BCUT2D eigenvalue weighted by atomic mass is 16.3. The molecule has 0 amide bonds. The van der Waals surface area contributed by atoms with Crippen LogP contribution in [0.2, 0.25) is 0 Å². The number of hydrogen-bond donors (Lipinski definition) is 4. The number of hydrogen-bond acceptors (Lipinski definition) is 4. The quantitative estimate of drug-likeness (QED) is 0.351. The highest BCUT2D eigenvalue weighted by molar-refractivity contribution is 5.29. The molecule has 4 heteroatoms. The van der Waals surface area contributed by atoms with Gasteiger partial charge in [0.1, 0.15) is 12.2 Å². The van der Waals surface area contributed by atoms with E-state index in [0.29, 0.717) is 6.26 Å². The Bertz CT molecular complexity index is 287. The minimum atomic E-state index is -1.07. The summed E-state index contributed by atoms with van der Waals surface area (Å²) in [5.74, 6) is 9.25. The fourth-order valence-corrected chi connectivity index (χ4v) is 0.554. The zero-order valence-corrected chi connectivity index (χ0v) is 7.51. The van der Waals surface area contributed by atoms with Crippen LogP contribution in [-0.4, -0.2) is 39.2 Å². The third-order valence-electron chi connectivity index (χ3n) is 1.19. The first-order valence-corrected chi connectivity index (χ1v) is 3.99. The Hall–Kier alpha value is -1.46. The summed E-state index contributed by atoms with van der Waals surface area (Å²) >= 11 is 0. The third-order valence-corrected chi connectivity index (χ3v) is 1.19. The lowest BCUT2D eigenvalue weighted by Crippen LogP contribution is -2.04. The maximum atomic E-state index is 9.00. The van der Waals surface area contributed by atoms with E-state index in [4.69, 9.17) is 20.4 Å². The molecule has 0 heterocycles. The van der Waals surface area contributed by atoms with Crippen LogP contribution >= 0.6 is 0 Å². The molecule has 0 aliphatic heterocycles. The Balaban J connectivity index is 4.00. The standard InChI is InChI=1S/C10H12O4/c11-7-5-9(13)3-1-2-4-10(14)6-8-12/h5,7,9-14H,6,8H2. The molecule has 14 heavy (non-hydrogen) atoms. The van der Waals surface area contributed by atoms with E-state index >= 15 is 0 Å². The van der Waals surface area contributed by atoms with Crippen LogP contribution in [0.3, 0.4) is 0 Å². The summed E-state index contributed by atoms with van der Waals surface area (Å²) in [4.78, 5) is 0. The third kappa shape index (κ3) is 7.20. The fraction of sp³-hybridized carbons (Fsp3) is 0.400. The van der Waals surface area contributed by atoms with Gasteiger partial charge < -0.3 is 20.4 Å². The second-order valence-electron chi connectivity index (χ2n) is 2.35. The molecule has 76 valence electrons. The topological polar surface area (TPSA) is 80.9 Å². The van der Waals surface area contributed by atoms with E-state index < -0.39 is 12.2 Å². The fourth-order valence-electron chi connectivity index (χ4n) is 0.554. The van der Waals surface area contributed by atoms with Crippen molar-refractivity contribution in [1.82, 2.24) is 0 Å². The number of aliphatic hydroxyl groups excluding tert-OH is 4. The molecule has 0 aromatic carbocycles. The van der Waals surface area contributed by atoms with Gasteiger partial charge in [-0.3, -0.25) is 0 Å². The molecule has 2 unspecified atom stereocenters. The molecule has 0 rings (SSSR count). The molecule has 0 saturated carbocycles. The number of aliphatic hydroxyl groups is 4. The molecule has 4 N–H and O–H groups in total. The Morgan fingerprint density at radius 1 is 1.14 bits per heavy atom. The predicted octanol–water partition coefficient (Wildman–Crippen LogP) is -0.831. The Morgan fingerprint density at radius 2 is 1.79 bits per heavy atom. The van der Waals surface area contributed by atoms with Gasteiger partial charge in [-0.2, -0.15) is 0 Å². The van der Waals surface area contributed by atoms with Crippen molar-refractivity contribution in [1.29, 1.82) is 0 Å². The van der Waals surface area contributed by atoms with Gasteiger partial charge in [-0.1, -0.05) is 11.8 Å². The molecular weight excluding hydrogens is 184 g/mol. The van der Waals surface area contributed by atoms with Gasteiger partial charge in [-0.15, -0.1) is 0 Å². The molecule has 0 aromatic heterocycles. The van der Waals surface area contributed by atoms with Gasteiger partial charge in [0, 0.05) is 13.0 Å². The van der Waals surface area contributed by atoms with Crippen molar-refractivity contribution in [3.63, 3.8) is 0 Å². The molecule has 2 atom stereocenters. The second kappa shape index (κ2) is 8.15. The highest BCUT2D eigenvalue weighted by Gasteiger charge is 1.94. The molecular formula is C10H12O4. The van der Waals surface area contributed by atoms with Crippen LogP contribution in [0.25, 0.3) is 0 Å². The van der Waals surface area contributed by atoms with Crippen molar-refractivity contribution < 1.29 is 20.4 Å². The van der Waals surface area contributed by atoms with E-state index in [0.717, 1.165) is 6.08 Å². The number of rotatable bonds is 3. The van der Waals surface area contributed by atoms with Gasteiger partial charge >= 0.3 is 0 Å². The molecule has 0 aliphatic carbocycles. The van der Waals surface area contributed by atoms with Crippen molar-refractivity contribution in [3.8, 4) is 23.7 Å². The van der Waals surface area contributed by atoms with Crippen molar-refractivity contribution >= 4 is 0 Å². The monoisotopic (exact) mass is 196 g/mol. The minimum Gasteiger partial charge on any atom is -0.516 e. The second-order valence-corrected chi connectivity index (χ2v) is 2.35. The molecule has 0 spiro atoms. The largest absolute Gasteiger partial charge is 0.516 e. The zero-order valence-electron chi connectivity index (χ0n) is 7.51. The lowest BCUT2D eigenvalue weighted by Gasteiger charge is -1.95. The van der Waals surface area contributed by atoms with Crippen molar-refractivity contribution in [3.05, 3.63) is 12.3 Å². The van der Waals surface area contributed by atoms with E-state index in [1.807, 2.05) is 0 Å². The average molecular weight is 196 g/mol. The van der Waals surface area contributed by atoms with Gasteiger partial charge in [0.25, 0.3) is 0 Å². The van der Waals surface area contributed by atoms with Crippen LogP contribution < -0.4 is 0 Å². The van der Waals surface area contributed by atoms with Crippen molar-refractivity contribution in [2.45, 2.75) is 18.6 Å². The average Bonchev–Trinajstić information content (AvgIpc) is 2.13. The smallest absolute Gasteiger partial charge is 0.137 e. The molecule has 0 radical (unpaired) electrons. The molecule has 0 bridgehead atoms. The predicted molar refractivity (Wildman–Crippen MR) is 51.0 cm³/mol. The summed E-state index contributed by atoms with van der Waals surface area (Å²) in [6.45, 7) is -0.140. The first kappa shape index (κ1) is 12.5. The summed E-state index contributed by atoms with van der Waals surface area (Å²) < 4.78 is 0. The van der Waals surface area contributed by atoms with Crippen LogP contribution in [0.1, 0.15) is 6.42 Å². The molecule has 0 aromatic rings. The van der Waals surface area contributed by atoms with E-state index in [1.165, 1.54) is 0 Å². The summed E-state index contributed by atoms with van der Waals surface area (Å²) in [7, 11) is 0. The van der Waals surface area contributed by atoms with Crippen LogP contribution in [0.15, 0.2) is 12.3 Å². The molecule has 0 fully saturated rings. The van der Waals surface area contributed by atoms with Gasteiger partial charge in [0.05, 0.1) is 6.26 Å². The first-order chi connectivity index (χ1) is 6.70. The summed E-state index contributed by atoms with van der Waals surface area (Å²) in [6.07, 6.45) is -0.0240. The molecule has 4 nitrogen and oxygen atoms in total. The summed E-state index contributed by atoms with van der Waals surface area (Å²) in [5, 5.41) is 34.6. The summed E-state index contributed by atoms with van der Waals surface area (Å²) in [5.41, 5.74) is 0. The lowest BCUT2D eigenvalue weighted by atomic mass is 10.2. The van der Waals surface area contributed by atoms with Gasteiger partial charge in [0.15, 0.2) is 0 Å². The Kier molecular flexibility index (Phi) is 7.30. The Morgan fingerprint density at radius 3 is 2.36 bits per heavy atom. The van der Waals surface area contributed by atoms with E-state index in [1.54, 1.807) is 0 Å². The van der Waals surface area contributed by atoms with E-state index in [2.05, 4.69) is 23.7 Å². The maximum absolute atomic E-state index is 9.00. The SMILES string of the molecule is OC=CC(O)C#CC#CC(O)CCO. The maximum Gasteiger partial charge on any atom is 0.137 e. The normalized spacial score (nSPS) is 13.6. The highest BCUT2D eigenvalue weighted by Crippen LogP contribution is 1.85. The Labute approximate surface area is 82.5 Å². The van der Waals surface area contributed by atoms with E-state index in [-0.39, 0.29) is 13.0 Å². The van der Waals surface area contributed by atoms with Crippen LogP contribution in [-0.2, 0) is 0 Å². The van der Waals surface area contributed by atoms with E-state index in [9.17, 15) is 0 Å². The minimum absolute atomic E-state index is 0.140. The molecule has 0 saturated heterocycles.